The summed E-state index contributed by atoms with van der Waals surface area (Å²) in [5.41, 5.74) is 4.47. The molecule has 30 heavy (non-hydrogen) atoms. The largest absolute Gasteiger partial charge is 0.395 e. The average molecular weight is 427 g/mol. The summed E-state index contributed by atoms with van der Waals surface area (Å²) in [4.78, 5) is 11.4. The standard InChI is InChI=1S/C19H22N8O2S/c1-12-8-27-16(13-5-21-22-6-13)7-20-19(27)18(23-12)24-17-4-14(25-30-17)9-26-2-3-29-11-15(26)10-28/h4-8,15,28H,2-3,9-11H2,1H3,(H,21,22)(H,23,24)/t15-/m0/s1. The predicted octanol–water partition coefficient (Wildman–Crippen LogP) is 1.82. The predicted molar refractivity (Wildman–Crippen MR) is 113 cm³/mol. The number of hydrogen-bond acceptors (Lipinski definition) is 9. The van der Waals surface area contributed by atoms with Crippen LogP contribution >= 0.6 is 11.5 Å². The molecule has 4 aromatic heterocycles. The van der Waals surface area contributed by atoms with Gasteiger partial charge in [0.2, 0.25) is 0 Å². The van der Waals surface area contributed by atoms with Crippen LogP contribution in [0.3, 0.4) is 0 Å². The first kappa shape index (κ1) is 19.1. The van der Waals surface area contributed by atoms with Crippen molar-refractivity contribution in [2.75, 3.05) is 31.7 Å². The van der Waals surface area contributed by atoms with Crippen LogP contribution in [0.2, 0.25) is 0 Å². The van der Waals surface area contributed by atoms with Crippen LogP contribution in [0.25, 0.3) is 16.9 Å². The van der Waals surface area contributed by atoms with Crippen molar-refractivity contribution in [1.82, 2.24) is 33.8 Å². The third kappa shape index (κ3) is 3.67. The highest BCUT2D eigenvalue weighted by Crippen LogP contribution is 2.27. The summed E-state index contributed by atoms with van der Waals surface area (Å²) in [7, 11) is 0. The number of aryl methyl sites for hydroxylation is 1. The van der Waals surface area contributed by atoms with Crippen molar-refractivity contribution in [1.29, 1.82) is 0 Å². The Morgan fingerprint density at radius 3 is 3.17 bits per heavy atom. The summed E-state index contributed by atoms with van der Waals surface area (Å²) in [6.07, 6.45) is 7.39. The maximum absolute atomic E-state index is 9.56. The summed E-state index contributed by atoms with van der Waals surface area (Å²) in [5, 5.41) is 20.7. The number of morpholine rings is 1. The molecule has 0 saturated carbocycles. The van der Waals surface area contributed by atoms with Gasteiger partial charge in [0, 0.05) is 31.0 Å². The number of anilines is 2. The number of aliphatic hydroxyl groups is 1. The molecule has 11 heteroatoms. The zero-order chi connectivity index (χ0) is 20.5. The van der Waals surface area contributed by atoms with E-state index in [1.807, 2.05) is 36.0 Å². The van der Waals surface area contributed by atoms with Crippen molar-refractivity contribution in [2.45, 2.75) is 19.5 Å². The van der Waals surface area contributed by atoms with Crippen LogP contribution in [-0.4, -0.2) is 71.4 Å². The Morgan fingerprint density at radius 2 is 2.33 bits per heavy atom. The highest BCUT2D eigenvalue weighted by Gasteiger charge is 2.23. The number of aromatic amines is 1. The third-order valence-electron chi connectivity index (χ3n) is 5.13. The Morgan fingerprint density at radius 1 is 1.40 bits per heavy atom. The zero-order valence-corrected chi connectivity index (χ0v) is 17.3. The monoisotopic (exact) mass is 426 g/mol. The highest BCUT2D eigenvalue weighted by atomic mass is 32.1. The van der Waals surface area contributed by atoms with Crippen molar-refractivity contribution < 1.29 is 9.84 Å². The lowest BCUT2D eigenvalue weighted by molar-refractivity contribution is -0.0316. The first-order chi connectivity index (χ1) is 14.7. The highest BCUT2D eigenvalue weighted by molar-refractivity contribution is 7.10. The SMILES string of the molecule is Cc1cn2c(-c3cn[nH]c3)cnc2c(Nc2cc(CN3CCOC[C@@H]3CO)ns2)n1. The van der Waals surface area contributed by atoms with Gasteiger partial charge in [-0.1, -0.05) is 0 Å². The molecule has 0 unspecified atom stereocenters. The fourth-order valence-corrected chi connectivity index (χ4v) is 4.29. The van der Waals surface area contributed by atoms with Crippen LogP contribution in [0.15, 0.2) is 30.9 Å². The second kappa shape index (κ2) is 8.11. The molecule has 0 aliphatic carbocycles. The number of fused-ring (bicyclic) bond motifs is 1. The molecule has 1 atom stereocenters. The van der Waals surface area contributed by atoms with E-state index in [0.717, 1.165) is 39.8 Å². The molecule has 0 amide bonds. The topological polar surface area (TPSA) is 116 Å². The number of rotatable bonds is 6. The molecule has 156 valence electrons. The van der Waals surface area contributed by atoms with Gasteiger partial charge in [-0.15, -0.1) is 0 Å². The van der Waals surface area contributed by atoms with Crippen LogP contribution in [0, 0.1) is 6.92 Å². The van der Waals surface area contributed by atoms with Gasteiger partial charge in [-0.3, -0.25) is 14.4 Å². The van der Waals surface area contributed by atoms with E-state index < -0.39 is 0 Å². The van der Waals surface area contributed by atoms with E-state index in [2.05, 4.69) is 34.8 Å². The van der Waals surface area contributed by atoms with Gasteiger partial charge in [0.15, 0.2) is 11.5 Å². The summed E-state index contributed by atoms with van der Waals surface area (Å²) >= 11 is 1.39. The molecule has 1 saturated heterocycles. The summed E-state index contributed by atoms with van der Waals surface area (Å²) in [6, 6.07) is 2.04. The molecule has 3 N–H and O–H groups in total. The van der Waals surface area contributed by atoms with E-state index in [-0.39, 0.29) is 12.6 Å². The molecular weight excluding hydrogens is 404 g/mol. The van der Waals surface area contributed by atoms with Crippen molar-refractivity contribution in [3.05, 3.63) is 42.2 Å². The van der Waals surface area contributed by atoms with Gasteiger partial charge < -0.3 is 15.2 Å². The number of nitrogens with one attached hydrogen (secondary N) is 2. The van der Waals surface area contributed by atoms with E-state index in [0.29, 0.717) is 25.6 Å². The third-order valence-corrected chi connectivity index (χ3v) is 5.87. The molecule has 0 radical (unpaired) electrons. The molecule has 4 aromatic rings. The molecule has 5 rings (SSSR count). The van der Waals surface area contributed by atoms with Crippen molar-refractivity contribution in [3.63, 3.8) is 0 Å². The lowest BCUT2D eigenvalue weighted by Crippen LogP contribution is -2.46. The number of ether oxygens (including phenoxy) is 1. The molecule has 5 heterocycles. The second-order valence-corrected chi connectivity index (χ2v) is 8.05. The van der Waals surface area contributed by atoms with Crippen molar-refractivity contribution >= 4 is 28.0 Å². The minimum atomic E-state index is 0.0150. The van der Waals surface area contributed by atoms with Gasteiger partial charge in [0.1, 0.15) is 5.00 Å². The number of H-pyrrole nitrogens is 1. The Labute approximate surface area is 176 Å². The second-order valence-electron chi connectivity index (χ2n) is 7.24. The minimum Gasteiger partial charge on any atom is -0.395 e. The maximum Gasteiger partial charge on any atom is 0.180 e. The number of aliphatic hydroxyl groups excluding tert-OH is 1. The summed E-state index contributed by atoms with van der Waals surface area (Å²) in [5.74, 6) is 0.680. The van der Waals surface area contributed by atoms with Crippen LogP contribution in [0.1, 0.15) is 11.4 Å². The Balaban J connectivity index is 1.39. The van der Waals surface area contributed by atoms with E-state index >= 15 is 0 Å². The zero-order valence-electron chi connectivity index (χ0n) is 16.4. The van der Waals surface area contributed by atoms with E-state index in [4.69, 9.17) is 4.74 Å². The number of hydrogen-bond donors (Lipinski definition) is 3. The number of aromatic nitrogens is 6. The van der Waals surface area contributed by atoms with Gasteiger partial charge in [-0.25, -0.2) is 9.97 Å². The molecule has 0 spiro atoms. The van der Waals surface area contributed by atoms with E-state index in [1.54, 1.807) is 6.20 Å². The fourth-order valence-electron chi connectivity index (χ4n) is 3.63. The molecule has 1 fully saturated rings. The van der Waals surface area contributed by atoms with Crippen LogP contribution < -0.4 is 5.32 Å². The van der Waals surface area contributed by atoms with Crippen LogP contribution in [-0.2, 0) is 11.3 Å². The molecule has 1 aliphatic heterocycles. The molecule has 0 aromatic carbocycles. The molecule has 0 bridgehead atoms. The van der Waals surface area contributed by atoms with Crippen LogP contribution in [0.5, 0.6) is 0 Å². The number of nitrogens with zero attached hydrogens (tertiary/aromatic N) is 6. The van der Waals surface area contributed by atoms with E-state index in [9.17, 15) is 5.11 Å². The van der Waals surface area contributed by atoms with Gasteiger partial charge in [-0.2, -0.15) is 9.47 Å². The molecule has 1 aliphatic rings. The Kier molecular flexibility index (Phi) is 5.17. The molecular formula is C19H22N8O2S. The van der Waals surface area contributed by atoms with Gasteiger partial charge >= 0.3 is 0 Å². The lowest BCUT2D eigenvalue weighted by Gasteiger charge is -2.33. The van der Waals surface area contributed by atoms with Crippen molar-refractivity contribution in [2.24, 2.45) is 0 Å². The van der Waals surface area contributed by atoms with Crippen LogP contribution in [0.4, 0.5) is 10.8 Å². The van der Waals surface area contributed by atoms with Gasteiger partial charge in [0.25, 0.3) is 0 Å². The summed E-state index contributed by atoms with van der Waals surface area (Å²) < 4.78 is 12.0. The summed E-state index contributed by atoms with van der Waals surface area (Å²) in [6.45, 7) is 4.73. The first-order valence-electron chi connectivity index (χ1n) is 9.70. The average Bonchev–Trinajstić information content (AvgIpc) is 3.49. The smallest absolute Gasteiger partial charge is 0.180 e. The normalized spacial score (nSPS) is 17.6. The first-order valence-corrected chi connectivity index (χ1v) is 10.5. The Bertz CT molecular complexity index is 1140. The Hall–Kier alpha value is -2.86. The van der Waals surface area contributed by atoms with Crippen molar-refractivity contribution in [3.8, 4) is 11.3 Å². The fraction of sp³-hybridized carbons (Fsp3) is 0.368. The number of imidazole rings is 1. The minimum absolute atomic E-state index is 0.0150. The maximum atomic E-state index is 9.56. The lowest BCUT2D eigenvalue weighted by atomic mass is 10.2. The van der Waals surface area contributed by atoms with Gasteiger partial charge in [-0.05, 0) is 24.5 Å². The van der Waals surface area contributed by atoms with Gasteiger partial charge in [0.05, 0.1) is 55.3 Å². The quantitative estimate of drug-likeness (QED) is 0.428. The van der Waals surface area contributed by atoms with E-state index in [1.165, 1.54) is 11.5 Å². The molecule has 10 nitrogen and oxygen atoms in total.